The maximum Gasteiger partial charge on any atom is 0.250 e. The Morgan fingerprint density at radius 2 is 1.94 bits per heavy atom. The number of amides is 1. The van der Waals surface area contributed by atoms with Gasteiger partial charge in [-0.3, -0.25) is 15.0 Å². The molecular weight excluding hydrogens is 433 g/mol. The van der Waals surface area contributed by atoms with E-state index < -0.39 is 12.7 Å². The number of anilines is 3. The fourth-order valence-corrected chi connectivity index (χ4v) is 4.12. The second-order valence-corrected chi connectivity index (χ2v) is 8.33. The summed E-state index contributed by atoms with van der Waals surface area (Å²) in [6.45, 7) is 1.18. The molecule has 1 aliphatic heterocycles. The Balaban J connectivity index is 1.67. The van der Waals surface area contributed by atoms with Gasteiger partial charge < -0.3 is 0 Å². The molecule has 1 N–H and O–H groups in total. The van der Waals surface area contributed by atoms with Gasteiger partial charge in [-0.05, 0) is 55.2 Å². The standard InChI is InChI=1S/C25H20FN7O/c1-15-21(14-28)22(18-7-5-16(13-27)6-8-18)33-25(30-24(31-33)29-23(34)19-9-10-19)32(15)20-4-2-3-17(11-20)12-26/h2-8,11,19,22H,9-10,12H2,1H3,(H,29,31,34)/t22-/m1/s1. The zero-order valence-corrected chi connectivity index (χ0v) is 18.4. The van der Waals surface area contributed by atoms with Crippen molar-refractivity contribution in [3.63, 3.8) is 0 Å². The highest BCUT2D eigenvalue weighted by Gasteiger charge is 2.37. The van der Waals surface area contributed by atoms with Crippen molar-refractivity contribution >= 4 is 23.5 Å². The van der Waals surface area contributed by atoms with Gasteiger partial charge in [0.1, 0.15) is 12.7 Å². The second kappa shape index (κ2) is 8.45. The van der Waals surface area contributed by atoms with E-state index >= 15 is 0 Å². The summed E-state index contributed by atoms with van der Waals surface area (Å²) in [6, 6.07) is 17.6. The Kier molecular flexibility index (Phi) is 5.31. The first-order chi connectivity index (χ1) is 16.5. The van der Waals surface area contributed by atoms with Crippen molar-refractivity contribution < 1.29 is 9.18 Å². The molecule has 1 atom stereocenters. The number of fused-ring (bicyclic) bond motifs is 1. The van der Waals surface area contributed by atoms with E-state index in [4.69, 9.17) is 5.26 Å². The van der Waals surface area contributed by atoms with Crippen LogP contribution in [0, 0.1) is 28.6 Å². The number of nitrogens with one attached hydrogen (secondary N) is 1. The number of aromatic nitrogens is 3. The van der Waals surface area contributed by atoms with Crippen LogP contribution in [-0.2, 0) is 11.5 Å². The fourth-order valence-electron chi connectivity index (χ4n) is 4.12. The van der Waals surface area contributed by atoms with Gasteiger partial charge in [0.25, 0.3) is 5.95 Å². The normalized spacial score (nSPS) is 17.1. The average molecular weight is 453 g/mol. The maximum absolute atomic E-state index is 13.4. The van der Waals surface area contributed by atoms with Crippen LogP contribution in [0.2, 0.25) is 0 Å². The molecule has 0 spiro atoms. The molecule has 5 rings (SSSR count). The van der Waals surface area contributed by atoms with Gasteiger partial charge in [-0.15, -0.1) is 5.10 Å². The smallest absolute Gasteiger partial charge is 0.250 e. The first kappa shape index (κ1) is 21.4. The summed E-state index contributed by atoms with van der Waals surface area (Å²) in [6.07, 6.45) is 1.68. The van der Waals surface area contributed by atoms with Crippen LogP contribution in [0.15, 0.2) is 59.8 Å². The Morgan fingerprint density at radius 3 is 2.59 bits per heavy atom. The predicted molar refractivity (Wildman–Crippen MR) is 122 cm³/mol. The third kappa shape index (κ3) is 3.67. The van der Waals surface area contributed by atoms with Crippen LogP contribution in [-0.4, -0.2) is 20.7 Å². The summed E-state index contributed by atoms with van der Waals surface area (Å²) in [5.41, 5.74) is 3.41. The molecular formula is C25H20FN7O. The minimum Gasteiger partial charge on any atom is -0.293 e. The molecule has 9 heteroatoms. The first-order valence-corrected chi connectivity index (χ1v) is 10.9. The largest absolute Gasteiger partial charge is 0.293 e. The molecule has 0 unspecified atom stereocenters. The van der Waals surface area contributed by atoms with E-state index in [1.807, 2.05) is 0 Å². The maximum atomic E-state index is 13.4. The highest BCUT2D eigenvalue weighted by Crippen LogP contribution is 2.42. The minimum atomic E-state index is -0.626. The lowest BCUT2D eigenvalue weighted by Gasteiger charge is -2.34. The summed E-state index contributed by atoms with van der Waals surface area (Å²) in [5.74, 6) is 0.382. The van der Waals surface area contributed by atoms with Crippen LogP contribution >= 0.6 is 0 Å². The number of allylic oxidation sites excluding steroid dienone is 2. The van der Waals surface area contributed by atoms with E-state index in [-0.39, 0.29) is 17.8 Å². The molecule has 34 heavy (non-hydrogen) atoms. The molecule has 0 radical (unpaired) electrons. The lowest BCUT2D eigenvalue weighted by molar-refractivity contribution is -0.117. The van der Waals surface area contributed by atoms with E-state index in [1.165, 1.54) is 0 Å². The third-order valence-electron chi connectivity index (χ3n) is 6.04. The Bertz CT molecular complexity index is 1390. The Morgan fingerprint density at radius 1 is 1.18 bits per heavy atom. The molecule has 2 aromatic carbocycles. The van der Waals surface area contributed by atoms with Crippen LogP contribution < -0.4 is 10.2 Å². The van der Waals surface area contributed by atoms with E-state index in [2.05, 4.69) is 27.5 Å². The molecule has 1 aromatic heterocycles. The van der Waals surface area contributed by atoms with Gasteiger partial charge >= 0.3 is 0 Å². The van der Waals surface area contributed by atoms with Crippen molar-refractivity contribution in [3.8, 4) is 12.1 Å². The molecule has 0 saturated heterocycles. The fraction of sp³-hybridized carbons (Fsp3) is 0.240. The first-order valence-electron chi connectivity index (χ1n) is 10.9. The highest BCUT2D eigenvalue weighted by atomic mass is 19.1. The van der Waals surface area contributed by atoms with Crippen molar-refractivity contribution in [2.75, 3.05) is 10.2 Å². The van der Waals surface area contributed by atoms with E-state index in [0.29, 0.717) is 34.0 Å². The number of halogens is 1. The molecule has 2 heterocycles. The van der Waals surface area contributed by atoms with Crippen LogP contribution in [0.1, 0.15) is 42.5 Å². The minimum absolute atomic E-state index is 0.0262. The third-order valence-corrected chi connectivity index (χ3v) is 6.04. The monoisotopic (exact) mass is 453 g/mol. The second-order valence-electron chi connectivity index (χ2n) is 8.33. The number of benzene rings is 2. The molecule has 3 aromatic rings. The summed E-state index contributed by atoms with van der Waals surface area (Å²) >= 11 is 0. The van der Waals surface area contributed by atoms with Gasteiger partial charge in [-0.25, -0.2) is 9.07 Å². The number of rotatable bonds is 5. The predicted octanol–water partition coefficient (Wildman–Crippen LogP) is 4.51. The summed E-state index contributed by atoms with van der Waals surface area (Å²) in [5, 5.41) is 26.6. The average Bonchev–Trinajstić information content (AvgIpc) is 3.64. The van der Waals surface area contributed by atoms with Crippen molar-refractivity contribution in [1.29, 1.82) is 10.5 Å². The topological polar surface area (TPSA) is 111 Å². The number of nitrogens with zero attached hydrogens (tertiary/aromatic N) is 6. The van der Waals surface area contributed by atoms with Crippen LogP contribution in [0.3, 0.4) is 0 Å². The van der Waals surface area contributed by atoms with Crippen molar-refractivity contribution in [2.24, 2.45) is 5.92 Å². The number of hydrogen-bond donors (Lipinski definition) is 1. The van der Waals surface area contributed by atoms with Crippen molar-refractivity contribution in [2.45, 2.75) is 32.5 Å². The van der Waals surface area contributed by atoms with Gasteiger partial charge in [0.15, 0.2) is 0 Å². The molecule has 1 fully saturated rings. The van der Waals surface area contributed by atoms with Gasteiger partial charge in [-0.1, -0.05) is 24.3 Å². The molecule has 0 bridgehead atoms. The van der Waals surface area contributed by atoms with Crippen LogP contribution in [0.5, 0.6) is 0 Å². The van der Waals surface area contributed by atoms with Gasteiger partial charge in [0, 0.05) is 17.3 Å². The zero-order chi connectivity index (χ0) is 23.8. The zero-order valence-electron chi connectivity index (χ0n) is 18.4. The number of carbonyl (C=O) groups is 1. The number of nitriles is 2. The quantitative estimate of drug-likeness (QED) is 0.609. The van der Waals surface area contributed by atoms with Gasteiger partial charge in [-0.2, -0.15) is 15.5 Å². The summed E-state index contributed by atoms with van der Waals surface area (Å²) in [4.78, 5) is 18.7. The van der Waals surface area contributed by atoms with Crippen molar-refractivity contribution in [1.82, 2.24) is 14.8 Å². The molecule has 168 valence electrons. The lowest BCUT2D eigenvalue weighted by atomic mass is 9.95. The van der Waals surface area contributed by atoms with Gasteiger partial charge in [0.05, 0.1) is 23.3 Å². The number of hydrogen-bond acceptors (Lipinski definition) is 6. The lowest BCUT2D eigenvalue weighted by Crippen LogP contribution is -2.30. The summed E-state index contributed by atoms with van der Waals surface area (Å²) in [7, 11) is 0. The van der Waals surface area contributed by atoms with E-state index in [0.717, 1.165) is 18.4 Å². The highest BCUT2D eigenvalue weighted by molar-refractivity contribution is 5.92. The number of carbonyl (C=O) groups excluding carboxylic acids is 1. The van der Waals surface area contributed by atoms with E-state index in [9.17, 15) is 14.4 Å². The molecule has 1 amide bonds. The Labute approximate surface area is 195 Å². The molecule has 8 nitrogen and oxygen atoms in total. The molecule has 2 aliphatic rings. The van der Waals surface area contributed by atoms with E-state index in [1.54, 1.807) is 65.0 Å². The molecule has 1 saturated carbocycles. The Hall–Kier alpha value is -4.50. The van der Waals surface area contributed by atoms with Crippen LogP contribution in [0.4, 0.5) is 22.0 Å². The van der Waals surface area contributed by atoms with Crippen LogP contribution in [0.25, 0.3) is 0 Å². The SMILES string of the molecule is CC1=C(C#N)[C@@H](c2ccc(C#N)cc2)n2nc(NC(=O)C3CC3)nc2N1c1cccc(CF)c1. The number of alkyl halides is 1. The summed E-state index contributed by atoms with van der Waals surface area (Å²) < 4.78 is 15.0. The molecule has 1 aliphatic carbocycles. The van der Waals surface area contributed by atoms with Crippen molar-refractivity contribution in [3.05, 3.63) is 76.5 Å². The van der Waals surface area contributed by atoms with Gasteiger partial charge in [0.2, 0.25) is 11.9 Å².